The van der Waals surface area contributed by atoms with Gasteiger partial charge in [0.2, 0.25) is 11.8 Å². The number of methoxy groups -OCH3 is 1. The van der Waals surface area contributed by atoms with E-state index in [0.717, 1.165) is 39.0 Å². The third kappa shape index (κ3) is 5.02. The summed E-state index contributed by atoms with van der Waals surface area (Å²) in [7, 11) is 1.63. The van der Waals surface area contributed by atoms with Crippen LogP contribution in [0.3, 0.4) is 0 Å². The van der Waals surface area contributed by atoms with Crippen molar-refractivity contribution >= 4 is 28.6 Å². The Balaban J connectivity index is 1.24. The fraction of sp³-hybridized carbons (Fsp3) is 0.324. The first-order chi connectivity index (χ1) is 20.4. The Labute approximate surface area is 245 Å². The van der Waals surface area contributed by atoms with Gasteiger partial charge in [-0.15, -0.1) is 0 Å². The lowest BCUT2D eigenvalue weighted by Crippen LogP contribution is -2.56. The van der Waals surface area contributed by atoms with Gasteiger partial charge >= 0.3 is 0 Å². The highest BCUT2D eigenvalue weighted by Gasteiger charge is 2.49. The SMILES string of the molecule is COc1ccc(CCNC(=O)[C@H](CC(C)C)NC(=O)[C@@H]2Cc3c([nH]c4ccccc34)C3c4ccccc4C(=O)N32)cc1. The van der Waals surface area contributed by atoms with Crippen molar-refractivity contribution in [1.82, 2.24) is 20.5 Å². The van der Waals surface area contributed by atoms with Crippen molar-refractivity contribution in [3.63, 3.8) is 0 Å². The van der Waals surface area contributed by atoms with Gasteiger partial charge in [-0.1, -0.05) is 62.4 Å². The van der Waals surface area contributed by atoms with E-state index in [4.69, 9.17) is 4.74 Å². The van der Waals surface area contributed by atoms with E-state index in [1.165, 1.54) is 0 Å². The predicted molar refractivity (Wildman–Crippen MR) is 161 cm³/mol. The van der Waals surface area contributed by atoms with Crippen molar-refractivity contribution in [2.24, 2.45) is 5.92 Å². The molecule has 3 heterocycles. The van der Waals surface area contributed by atoms with Gasteiger partial charge < -0.3 is 25.3 Å². The van der Waals surface area contributed by atoms with Gasteiger partial charge in [0, 0.05) is 35.1 Å². The zero-order valence-electron chi connectivity index (χ0n) is 24.1. The second-order valence-corrected chi connectivity index (χ2v) is 11.6. The highest BCUT2D eigenvalue weighted by Crippen LogP contribution is 2.46. The minimum Gasteiger partial charge on any atom is -0.497 e. The number of carbonyl (C=O) groups excluding carboxylic acids is 3. The number of H-pyrrole nitrogens is 1. The van der Waals surface area contributed by atoms with Gasteiger partial charge in [0.05, 0.1) is 13.2 Å². The normalized spacial score (nSPS) is 17.9. The second-order valence-electron chi connectivity index (χ2n) is 11.6. The summed E-state index contributed by atoms with van der Waals surface area (Å²) in [5, 5.41) is 7.10. The molecule has 0 aliphatic carbocycles. The first-order valence-corrected chi connectivity index (χ1v) is 14.6. The number of rotatable bonds is 9. The molecule has 2 aliphatic heterocycles. The molecule has 0 fully saturated rings. The van der Waals surface area contributed by atoms with Crippen molar-refractivity contribution in [2.45, 2.75) is 51.2 Å². The number of amides is 3. The van der Waals surface area contributed by atoms with Crippen molar-refractivity contribution in [1.29, 1.82) is 0 Å². The molecule has 3 N–H and O–H groups in total. The maximum absolute atomic E-state index is 14.1. The average Bonchev–Trinajstić information content (AvgIpc) is 3.52. The third-order valence-corrected chi connectivity index (χ3v) is 8.37. The number of benzene rings is 3. The number of carbonyl (C=O) groups is 3. The van der Waals surface area contributed by atoms with Crippen LogP contribution in [0, 0.1) is 5.92 Å². The number of ether oxygens (including phenoxy) is 1. The lowest BCUT2D eigenvalue weighted by Gasteiger charge is -2.37. The monoisotopic (exact) mass is 564 g/mol. The molecular weight excluding hydrogens is 528 g/mol. The molecule has 216 valence electrons. The number of hydrogen-bond acceptors (Lipinski definition) is 4. The first-order valence-electron chi connectivity index (χ1n) is 14.6. The number of para-hydroxylation sites is 1. The van der Waals surface area contributed by atoms with Crippen molar-refractivity contribution < 1.29 is 19.1 Å². The zero-order chi connectivity index (χ0) is 29.4. The Hall–Kier alpha value is -4.59. The van der Waals surface area contributed by atoms with Crippen LogP contribution in [0.5, 0.6) is 5.75 Å². The summed E-state index contributed by atoms with van der Waals surface area (Å²) in [6, 6.07) is 21.5. The van der Waals surface area contributed by atoms with Crippen LogP contribution in [-0.4, -0.2) is 53.3 Å². The number of aromatic nitrogens is 1. The fourth-order valence-corrected chi connectivity index (χ4v) is 6.35. The maximum Gasteiger partial charge on any atom is 0.255 e. The van der Waals surface area contributed by atoms with Crippen LogP contribution >= 0.6 is 0 Å². The van der Waals surface area contributed by atoms with Crippen LogP contribution < -0.4 is 15.4 Å². The molecule has 0 saturated heterocycles. The molecule has 42 heavy (non-hydrogen) atoms. The molecule has 3 aromatic carbocycles. The summed E-state index contributed by atoms with van der Waals surface area (Å²) < 4.78 is 5.22. The molecule has 0 saturated carbocycles. The Morgan fingerprint density at radius 2 is 1.76 bits per heavy atom. The molecule has 8 nitrogen and oxygen atoms in total. The third-order valence-electron chi connectivity index (χ3n) is 8.37. The molecule has 1 unspecified atom stereocenters. The molecule has 3 amide bonds. The molecule has 1 aromatic heterocycles. The summed E-state index contributed by atoms with van der Waals surface area (Å²) in [5.41, 5.74) is 5.56. The standard InChI is InChI=1S/C34H36N4O4/c1-20(2)18-28(32(39)35-17-16-21-12-14-22(42-3)15-13-21)37-33(40)29-19-26-23-8-6-7-11-27(23)36-30(26)31-24-9-4-5-10-25(24)34(41)38(29)31/h4-15,20,28-29,31,36H,16-19H2,1-3H3,(H,35,39)(H,37,40)/t28-,29-,31?/m0/s1. The van der Waals surface area contributed by atoms with E-state index < -0.39 is 12.1 Å². The molecule has 0 spiro atoms. The van der Waals surface area contributed by atoms with Gasteiger partial charge in [0.1, 0.15) is 17.8 Å². The summed E-state index contributed by atoms with van der Waals surface area (Å²) in [6.07, 6.45) is 1.52. The topological polar surface area (TPSA) is 104 Å². The largest absolute Gasteiger partial charge is 0.497 e. The fourth-order valence-electron chi connectivity index (χ4n) is 6.35. The van der Waals surface area contributed by atoms with Crippen LogP contribution in [-0.2, 0) is 22.4 Å². The number of aromatic amines is 1. The number of fused-ring (bicyclic) bond motifs is 7. The van der Waals surface area contributed by atoms with E-state index in [-0.39, 0.29) is 29.7 Å². The number of hydrogen-bond donors (Lipinski definition) is 3. The zero-order valence-corrected chi connectivity index (χ0v) is 24.1. The Bertz CT molecular complexity index is 1640. The van der Waals surface area contributed by atoms with Crippen molar-refractivity contribution in [2.75, 3.05) is 13.7 Å². The quantitative estimate of drug-likeness (QED) is 0.278. The van der Waals surface area contributed by atoms with E-state index in [0.29, 0.717) is 31.4 Å². The second kappa shape index (κ2) is 11.4. The van der Waals surface area contributed by atoms with Gasteiger partial charge in [0.15, 0.2) is 0 Å². The summed E-state index contributed by atoms with van der Waals surface area (Å²) in [4.78, 5) is 46.4. The minimum absolute atomic E-state index is 0.163. The van der Waals surface area contributed by atoms with Gasteiger partial charge in [-0.2, -0.15) is 0 Å². The van der Waals surface area contributed by atoms with E-state index in [2.05, 4.69) is 21.7 Å². The Kier molecular flexibility index (Phi) is 7.45. The van der Waals surface area contributed by atoms with E-state index in [9.17, 15) is 14.4 Å². The van der Waals surface area contributed by atoms with Crippen molar-refractivity contribution in [3.8, 4) is 5.75 Å². The molecule has 4 aromatic rings. The van der Waals surface area contributed by atoms with Gasteiger partial charge in [-0.05, 0) is 59.7 Å². The highest BCUT2D eigenvalue weighted by atomic mass is 16.5. The molecule has 0 radical (unpaired) electrons. The molecule has 8 heteroatoms. The van der Waals surface area contributed by atoms with Crippen LogP contribution in [0.2, 0.25) is 0 Å². The average molecular weight is 565 g/mol. The van der Waals surface area contributed by atoms with E-state index >= 15 is 0 Å². The van der Waals surface area contributed by atoms with Crippen LogP contribution in [0.25, 0.3) is 10.9 Å². The van der Waals surface area contributed by atoms with Gasteiger partial charge in [-0.3, -0.25) is 14.4 Å². The molecule has 3 atom stereocenters. The van der Waals surface area contributed by atoms with Crippen LogP contribution in [0.4, 0.5) is 0 Å². The first kappa shape index (κ1) is 27.6. The number of nitrogens with zero attached hydrogens (tertiary/aromatic N) is 1. The summed E-state index contributed by atoms with van der Waals surface area (Å²) in [6.45, 7) is 4.50. The van der Waals surface area contributed by atoms with Crippen molar-refractivity contribution in [3.05, 3.63) is 101 Å². The molecule has 0 bridgehead atoms. The number of nitrogens with one attached hydrogen (secondary N) is 3. The Morgan fingerprint density at radius 1 is 1.02 bits per heavy atom. The van der Waals surface area contributed by atoms with Crippen LogP contribution in [0.15, 0.2) is 72.8 Å². The summed E-state index contributed by atoms with van der Waals surface area (Å²) in [5.74, 6) is 0.269. The van der Waals surface area contributed by atoms with E-state index in [1.807, 2.05) is 80.6 Å². The minimum atomic E-state index is -0.747. The van der Waals surface area contributed by atoms with E-state index in [1.54, 1.807) is 12.0 Å². The lowest BCUT2D eigenvalue weighted by molar-refractivity contribution is -0.132. The molecule has 6 rings (SSSR count). The molecular formula is C34H36N4O4. The Morgan fingerprint density at radius 3 is 2.52 bits per heavy atom. The molecule has 2 aliphatic rings. The van der Waals surface area contributed by atoms with Crippen LogP contribution in [0.1, 0.15) is 59.1 Å². The maximum atomic E-state index is 14.1. The highest BCUT2D eigenvalue weighted by molar-refractivity contribution is 6.04. The predicted octanol–water partition coefficient (Wildman–Crippen LogP) is 4.54. The lowest BCUT2D eigenvalue weighted by atomic mass is 9.89. The van der Waals surface area contributed by atoms with Gasteiger partial charge in [-0.25, -0.2) is 0 Å². The summed E-state index contributed by atoms with van der Waals surface area (Å²) >= 11 is 0. The van der Waals surface area contributed by atoms with Gasteiger partial charge in [0.25, 0.3) is 5.91 Å². The smallest absolute Gasteiger partial charge is 0.255 e.